The van der Waals surface area contributed by atoms with Crippen LogP contribution in [0.5, 0.6) is 0 Å². The summed E-state index contributed by atoms with van der Waals surface area (Å²) in [6.45, 7) is 2.21. The van der Waals surface area contributed by atoms with E-state index in [0.717, 1.165) is 12.0 Å². The Bertz CT molecular complexity index is 709. The molecule has 1 saturated heterocycles. The van der Waals surface area contributed by atoms with E-state index < -0.39 is 12.0 Å². The summed E-state index contributed by atoms with van der Waals surface area (Å²) < 4.78 is 5.31. The van der Waals surface area contributed by atoms with Gasteiger partial charge in [-0.05, 0) is 18.1 Å². The van der Waals surface area contributed by atoms with Crippen LogP contribution in [0.25, 0.3) is 0 Å². The number of ether oxygens (including phenoxy) is 1. The van der Waals surface area contributed by atoms with Crippen molar-refractivity contribution >= 4 is 17.6 Å². The summed E-state index contributed by atoms with van der Waals surface area (Å²) in [5.41, 5.74) is 2.25. The van der Waals surface area contributed by atoms with Gasteiger partial charge in [-0.1, -0.05) is 24.3 Å². The summed E-state index contributed by atoms with van der Waals surface area (Å²) in [4.78, 5) is 26.4. The molecule has 24 heavy (non-hydrogen) atoms. The molecule has 0 saturated carbocycles. The molecule has 0 unspecified atom stereocenters. The first-order chi connectivity index (χ1) is 11.7. The molecule has 3 aliphatic rings. The van der Waals surface area contributed by atoms with Crippen molar-refractivity contribution in [1.29, 1.82) is 0 Å². The Morgan fingerprint density at radius 2 is 2.04 bits per heavy atom. The number of para-hydroxylation sites is 1. The summed E-state index contributed by atoms with van der Waals surface area (Å²) in [5, 5.41) is 12.7. The molecule has 2 heterocycles. The number of allylic oxidation sites excluding steroid dienone is 2. The number of nitrogens with one attached hydrogen (secondary N) is 1. The second-order valence-corrected chi connectivity index (χ2v) is 6.49. The lowest BCUT2D eigenvalue weighted by molar-refractivity contribution is -0.139. The number of carbonyl (C=O) groups is 2. The van der Waals surface area contributed by atoms with Crippen LogP contribution >= 0.6 is 0 Å². The molecule has 1 amide bonds. The molecule has 0 spiro atoms. The molecule has 3 atom stereocenters. The number of fused-ring (bicyclic) bond motifs is 3. The number of anilines is 1. The van der Waals surface area contributed by atoms with Gasteiger partial charge in [-0.2, -0.15) is 0 Å². The predicted molar refractivity (Wildman–Crippen MR) is 88.2 cm³/mol. The van der Waals surface area contributed by atoms with E-state index >= 15 is 0 Å². The third kappa shape index (κ3) is 2.38. The fourth-order valence-electron chi connectivity index (χ4n) is 3.98. The summed E-state index contributed by atoms with van der Waals surface area (Å²) >= 11 is 0. The topological polar surface area (TPSA) is 78.9 Å². The number of carboxylic acids is 1. The van der Waals surface area contributed by atoms with Gasteiger partial charge in [0.05, 0.1) is 24.5 Å². The number of amides is 1. The van der Waals surface area contributed by atoms with Gasteiger partial charge in [-0.15, -0.1) is 0 Å². The summed E-state index contributed by atoms with van der Waals surface area (Å²) in [7, 11) is 0. The van der Waals surface area contributed by atoms with E-state index in [1.165, 1.54) is 0 Å². The standard InChI is InChI=1S/C18H20N2O4/c21-17(20-7-9-24-10-8-20)14-6-2-4-12-11-3-1-5-13(11)16(18(22)23)19-15(12)14/h1-4,6,11,13,16,19H,5,7-10H2,(H,22,23)/t11-,13-,16-/m1/s1. The van der Waals surface area contributed by atoms with Gasteiger partial charge in [0, 0.05) is 24.9 Å². The van der Waals surface area contributed by atoms with Crippen molar-refractivity contribution in [3.05, 3.63) is 41.5 Å². The van der Waals surface area contributed by atoms with Crippen molar-refractivity contribution in [2.45, 2.75) is 18.4 Å². The summed E-state index contributed by atoms with van der Waals surface area (Å²) in [5.74, 6) is -0.872. The molecule has 4 rings (SSSR count). The number of benzene rings is 1. The fourth-order valence-corrected chi connectivity index (χ4v) is 3.98. The van der Waals surface area contributed by atoms with Crippen molar-refractivity contribution in [2.24, 2.45) is 5.92 Å². The quantitative estimate of drug-likeness (QED) is 0.808. The largest absolute Gasteiger partial charge is 0.480 e. The van der Waals surface area contributed by atoms with Crippen LogP contribution < -0.4 is 5.32 Å². The number of carboxylic acid groups (broad SMARTS) is 1. The van der Waals surface area contributed by atoms with Crippen molar-refractivity contribution in [2.75, 3.05) is 31.6 Å². The minimum Gasteiger partial charge on any atom is -0.480 e. The predicted octanol–water partition coefficient (Wildman–Crippen LogP) is 1.70. The fraction of sp³-hybridized carbons (Fsp3) is 0.444. The van der Waals surface area contributed by atoms with Crippen LogP contribution in [-0.2, 0) is 9.53 Å². The molecule has 1 aromatic carbocycles. The van der Waals surface area contributed by atoms with Crippen LogP contribution in [0.4, 0.5) is 5.69 Å². The number of hydrogen-bond acceptors (Lipinski definition) is 4. The normalized spacial score (nSPS) is 28.0. The van der Waals surface area contributed by atoms with Gasteiger partial charge in [0.25, 0.3) is 5.91 Å². The molecule has 126 valence electrons. The highest BCUT2D eigenvalue weighted by molar-refractivity contribution is 6.01. The highest BCUT2D eigenvalue weighted by atomic mass is 16.5. The molecular weight excluding hydrogens is 308 g/mol. The minimum atomic E-state index is -0.868. The third-order valence-corrected chi connectivity index (χ3v) is 5.19. The Labute approximate surface area is 140 Å². The zero-order valence-corrected chi connectivity index (χ0v) is 13.3. The van der Waals surface area contributed by atoms with Gasteiger partial charge < -0.3 is 20.1 Å². The lowest BCUT2D eigenvalue weighted by Gasteiger charge is -2.36. The van der Waals surface area contributed by atoms with Crippen LogP contribution in [0.15, 0.2) is 30.4 Å². The highest BCUT2D eigenvalue weighted by Gasteiger charge is 2.42. The number of morpholine rings is 1. The van der Waals surface area contributed by atoms with Crippen LogP contribution in [0.3, 0.4) is 0 Å². The van der Waals surface area contributed by atoms with Gasteiger partial charge in [-0.3, -0.25) is 4.79 Å². The van der Waals surface area contributed by atoms with Gasteiger partial charge in [0.1, 0.15) is 6.04 Å². The molecular formula is C18H20N2O4. The SMILES string of the molecule is O=C(O)[C@@H]1Nc2c(C(=O)N3CCOCC3)cccc2[C@H]2C=CC[C@H]21. The van der Waals surface area contributed by atoms with Crippen molar-refractivity contribution < 1.29 is 19.4 Å². The lowest BCUT2D eigenvalue weighted by atomic mass is 9.78. The van der Waals surface area contributed by atoms with E-state index in [0.29, 0.717) is 37.6 Å². The number of nitrogens with zero attached hydrogens (tertiary/aromatic N) is 1. The zero-order chi connectivity index (χ0) is 16.7. The van der Waals surface area contributed by atoms with Gasteiger partial charge in [0.2, 0.25) is 0 Å². The van der Waals surface area contributed by atoms with E-state index in [9.17, 15) is 14.7 Å². The Balaban J connectivity index is 1.73. The van der Waals surface area contributed by atoms with E-state index in [-0.39, 0.29) is 17.7 Å². The maximum absolute atomic E-state index is 12.9. The van der Waals surface area contributed by atoms with Gasteiger partial charge >= 0.3 is 5.97 Å². The second kappa shape index (κ2) is 5.94. The van der Waals surface area contributed by atoms with E-state index in [2.05, 4.69) is 11.4 Å². The van der Waals surface area contributed by atoms with Crippen LogP contribution in [0.2, 0.25) is 0 Å². The molecule has 2 aliphatic heterocycles. The first kappa shape index (κ1) is 15.2. The first-order valence-electron chi connectivity index (χ1n) is 8.33. The third-order valence-electron chi connectivity index (χ3n) is 5.19. The van der Waals surface area contributed by atoms with Crippen LogP contribution in [0.1, 0.15) is 28.3 Å². The maximum atomic E-state index is 12.9. The van der Waals surface area contributed by atoms with Gasteiger partial charge in [-0.25, -0.2) is 4.79 Å². The molecule has 0 radical (unpaired) electrons. The van der Waals surface area contributed by atoms with Crippen LogP contribution in [-0.4, -0.2) is 54.2 Å². The summed E-state index contributed by atoms with van der Waals surface area (Å²) in [6, 6.07) is 4.99. The molecule has 6 heteroatoms. The number of aliphatic carboxylic acids is 1. The molecule has 0 aromatic heterocycles. The first-order valence-corrected chi connectivity index (χ1v) is 8.33. The molecule has 6 nitrogen and oxygen atoms in total. The minimum absolute atomic E-state index is 0.00346. The van der Waals surface area contributed by atoms with E-state index in [1.54, 1.807) is 11.0 Å². The Kier molecular flexibility index (Phi) is 3.76. The Morgan fingerprint density at radius 1 is 1.25 bits per heavy atom. The highest BCUT2D eigenvalue weighted by Crippen LogP contribution is 2.45. The van der Waals surface area contributed by atoms with Crippen molar-refractivity contribution in [3.63, 3.8) is 0 Å². The average Bonchev–Trinajstić information content (AvgIpc) is 3.10. The van der Waals surface area contributed by atoms with E-state index in [1.807, 2.05) is 18.2 Å². The average molecular weight is 328 g/mol. The second-order valence-electron chi connectivity index (χ2n) is 6.49. The molecule has 1 aromatic rings. The Morgan fingerprint density at radius 3 is 2.79 bits per heavy atom. The number of hydrogen-bond donors (Lipinski definition) is 2. The van der Waals surface area contributed by atoms with Crippen LogP contribution in [0, 0.1) is 5.92 Å². The van der Waals surface area contributed by atoms with E-state index in [4.69, 9.17) is 4.74 Å². The van der Waals surface area contributed by atoms with Crippen molar-refractivity contribution in [3.8, 4) is 0 Å². The number of rotatable bonds is 2. The molecule has 1 aliphatic carbocycles. The zero-order valence-electron chi connectivity index (χ0n) is 13.3. The van der Waals surface area contributed by atoms with Crippen molar-refractivity contribution in [1.82, 2.24) is 4.90 Å². The monoisotopic (exact) mass is 328 g/mol. The molecule has 1 fully saturated rings. The maximum Gasteiger partial charge on any atom is 0.326 e. The lowest BCUT2D eigenvalue weighted by Crippen LogP contribution is -2.44. The number of carbonyl (C=O) groups excluding carboxylic acids is 1. The summed E-state index contributed by atoms with van der Waals surface area (Å²) in [6.07, 6.45) is 4.86. The van der Waals surface area contributed by atoms with Gasteiger partial charge in [0.15, 0.2) is 0 Å². The molecule has 2 N–H and O–H groups in total. The molecule has 0 bridgehead atoms. The Hall–Kier alpha value is -2.34. The smallest absolute Gasteiger partial charge is 0.326 e.